The lowest BCUT2D eigenvalue weighted by Gasteiger charge is -2.31. The van der Waals surface area contributed by atoms with Gasteiger partial charge in [0.05, 0.1) is 30.2 Å². The molecule has 0 radical (unpaired) electrons. The summed E-state index contributed by atoms with van der Waals surface area (Å²) in [6.07, 6.45) is 9.53. The van der Waals surface area contributed by atoms with Gasteiger partial charge < -0.3 is 19.7 Å². The van der Waals surface area contributed by atoms with Gasteiger partial charge in [0, 0.05) is 43.3 Å². The van der Waals surface area contributed by atoms with Crippen LogP contribution >= 0.6 is 0 Å². The van der Waals surface area contributed by atoms with Gasteiger partial charge >= 0.3 is 0 Å². The van der Waals surface area contributed by atoms with Crippen LogP contribution in [0.15, 0.2) is 36.9 Å². The highest BCUT2D eigenvalue weighted by Crippen LogP contribution is 2.34. The predicted molar refractivity (Wildman–Crippen MR) is 120 cm³/mol. The van der Waals surface area contributed by atoms with E-state index in [0.29, 0.717) is 6.04 Å². The molecule has 1 aliphatic heterocycles. The number of morpholine rings is 1. The fourth-order valence-corrected chi connectivity index (χ4v) is 4.39. The first kappa shape index (κ1) is 19.9. The van der Waals surface area contributed by atoms with Crippen LogP contribution in [0.5, 0.6) is 5.75 Å². The van der Waals surface area contributed by atoms with Crippen molar-refractivity contribution in [2.45, 2.75) is 44.8 Å². The Labute approximate surface area is 182 Å². The lowest BCUT2D eigenvalue weighted by molar-refractivity contribution is 0.122. The van der Waals surface area contributed by atoms with Crippen molar-refractivity contribution < 1.29 is 9.47 Å². The molecule has 2 aliphatic rings. The van der Waals surface area contributed by atoms with Crippen molar-refractivity contribution in [3.05, 3.63) is 42.7 Å². The molecule has 162 valence electrons. The minimum atomic E-state index is 0.188. The molecule has 31 heavy (non-hydrogen) atoms. The molecule has 3 heterocycles. The molecule has 0 spiro atoms. The van der Waals surface area contributed by atoms with Gasteiger partial charge in [0.25, 0.3) is 0 Å². The zero-order valence-electron chi connectivity index (χ0n) is 17.8. The Morgan fingerprint density at radius 3 is 2.74 bits per heavy atom. The maximum atomic E-state index is 6.53. The van der Waals surface area contributed by atoms with Crippen molar-refractivity contribution in [1.82, 2.24) is 19.9 Å². The first-order valence-electron chi connectivity index (χ1n) is 11.0. The molecular formula is C23H28N6O2. The zero-order chi connectivity index (χ0) is 21.0. The average Bonchev–Trinajstić information content (AvgIpc) is 2.81. The minimum Gasteiger partial charge on any atom is -0.490 e. The maximum Gasteiger partial charge on any atom is 0.132 e. The van der Waals surface area contributed by atoms with Crippen LogP contribution in [-0.2, 0) is 4.74 Å². The van der Waals surface area contributed by atoms with Crippen LogP contribution in [0.3, 0.4) is 0 Å². The standard InChI is InChI=1S/C23H28N6O2/c1-16-25-7-6-23(27-16)28-17-2-4-19(5-3-17)31-22-13-18(29-8-10-30-11-9-29)12-21-20(22)14-24-15-26-21/h6-7,12-15,17,19H,2-5,8-11H2,1H3,(H,25,27,28)/t17-,19+. The summed E-state index contributed by atoms with van der Waals surface area (Å²) in [5.41, 5.74) is 2.06. The fourth-order valence-electron chi connectivity index (χ4n) is 4.39. The van der Waals surface area contributed by atoms with Gasteiger partial charge in [0.2, 0.25) is 0 Å². The van der Waals surface area contributed by atoms with Crippen molar-refractivity contribution in [2.75, 3.05) is 36.5 Å². The number of aromatic nitrogens is 4. The van der Waals surface area contributed by atoms with Gasteiger partial charge in [-0.3, -0.25) is 0 Å². The van der Waals surface area contributed by atoms with E-state index in [-0.39, 0.29) is 6.10 Å². The van der Waals surface area contributed by atoms with Crippen LogP contribution in [-0.4, -0.2) is 58.4 Å². The number of aryl methyl sites for hydroxylation is 1. The van der Waals surface area contributed by atoms with Gasteiger partial charge in [0.1, 0.15) is 23.7 Å². The van der Waals surface area contributed by atoms with Crippen molar-refractivity contribution in [1.29, 1.82) is 0 Å². The van der Waals surface area contributed by atoms with Crippen molar-refractivity contribution in [3.63, 3.8) is 0 Å². The highest BCUT2D eigenvalue weighted by Gasteiger charge is 2.24. The number of fused-ring (bicyclic) bond motifs is 1. The Morgan fingerprint density at radius 1 is 1.10 bits per heavy atom. The van der Waals surface area contributed by atoms with Gasteiger partial charge in [-0.15, -0.1) is 0 Å². The van der Waals surface area contributed by atoms with Crippen LogP contribution in [0.2, 0.25) is 0 Å². The third kappa shape index (κ3) is 4.69. The average molecular weight is 421 g/mol. The van der Waals surface area contributed by atoms with Crippen LogP contribution < -0.4 is 15.0 Å². The number of hydrogen-bond acceptors (Lipinski definition) is 8. The summed E-state index contributed by atoms with van der Waals surface area (Å²) in [6.45, 7) is 5.18. The highest BCUT2D eigenvalue weighted by atomic mass is 16.5. The van der Waals surface area contributed by atoms with Gasteiger partial charge in [-0.05, 0) is 44.7 Å². The predicted octanol–water partition coefficient (Wildman–Crippen LogP) is 3.37. The van der Waals surface area contributed by atoms with Gasteiger partial charge in [-0.2, -0.15) is 0 Å². The molecule has 8 heteroatoms. The lowest BCUT2D eigenvalue weighted by atomic mass is 9.93. The summed E-state index contributed by atoms with van der Waals surface area (Å²) in [7, 11) is 0. The summed E-state index contributed by atoms with van der Waals surface area (Å²) in [4.78, 5) is 19.7. The van der Waals surface area contributed by atoms with Crippen molar-refractivity contribution in [3.8, 4) is 5.75 Å². The molecular weight excluding hydrogens is 392 g/mol. The largest absolute Gasteiger partial charge is 0.490 e. The van der Waals surface area contributed by atoms with E-state index in [4.69, 9.17) is 9.47 Å². The number of nitrogens with one attached hydrogen (secondary N) is 1. The van der Waals surface area contributed by atoms with E-state index >= 15 is 0 Å². The van der Waals surface area contributed by atoms with Crippen LogP contribution in [0.1, 0.15) is 31.5 Å². The number of ether oxygens (including phenoxy) is 2. The summed E-state index contributed by atoms with van der Waals surface area (Å²) in [5.74, 6) is 2.57. The molecule has 5 rings (SSSR count). The molecule has 2 fully saturated rings. The second-order valence-corrected chi connectivity index (χ2v) is 8.22. The van der Waals surface area contributed by atoms with E-state index in [9.17, 15) is 0 Å². The van der Waals surface area contributed by atoms with Gasteiger partial charge in [-0.25, -0.2) is 19.9 Å². The number of anilines is 2. The van der Waals surface area contributed by atoms with Crippen LogP contribution in [0.25, 0.3) is 10.9 Å². The Bertz CT molecular complexity index is 1030. The Kier molecular flexibility index (Phi) is 5.80. The Balaban J connectivity index is 1.28. The molecule has 2 aromatic heterocycles. The number of hydrogen-bond donors (Lipinski definition) is 1. The molecule has 1 aliphatic carbocycles. The zero-order valence-corrected chi connectivity index (χ0v) is 17.8. The number of rotatable bonds is 5. The van der Waals surface area contributed by atoms with E-state index in [1.54, 1.807) is 12.5 Å². The molecule has 0 bridgehead atoms. The van der Waals surface area contributed by atoms with E-state index in [1.807, 2.05) is 19.2 Å². The monoisotopic (exact) mass is 420 g/mol. The quantitative estimate of drug-likeness (QED) is 0.673. The SMILES string of the molecule is Cc1nccc(N[C@H]2CC[C@@H](Oc3cc(N4CCOCC4)cc4ncncc34)CC2)n1. The first-order chi connectivity index (χ1) is 15.2. The molecule has 3 aromatic rings. The molecule has 1 N–H and O–H groups in total. The third-order valence-electron chi connectivity index (χ3n) is 6.04. The van der Waals surface area contributed by atoms with E-state index in [0.717, 1.165) is 86.0 Å². The first-order valence-corrected chi connectivity index (χ1v) is 11.0. The highest BCUT2D eigenvalue weighted by molar-refractivity contribution is 5.88. The molecule has 1 aromatic carbocycles. The Morgan fingerprint density at radius 2 is 1.94 bits per heavy atom. The number of benzene rings is 1. The van der Waals surface area contributed by atoms with Crippen LogP contribution in [0, 0.1) is 6.92 Å². The second-order valence-electron chi connectivity index (χ2n) is 8.22. The minimum absolute atomic E-state index is 0.188. The number of nitrogens with zero attached hydrogens (tertiary/aromatic N) is 5. The molecule has 1 saturated heterocycles. The summed E-state index contributed by atoms with van der Waals surface area (Å²) >= 11 is 0. The summed E-state index contributed by atoms with van der Waals surface area (Å²) in [5, 5.41) is 4.51. The van der Waals surface area contributed by atoms with E-state index < -0.39 is 0 Å². The normalized spacial score (nSPS) is 21.8. The topological polar surface area (TPSA) is 85.3 Å². The fraction of sp³-hybridized carbons (Fsp3) is 0.478. The Hall–Kier alpha value is -3.00. The maximum absolute atomic E-state index is 6.53. The summed E-state index contributed by atoms with van der Waals surface area (Å²) in [6, 6.07) is 6.61. The van der Waals surface area contributed by atoms with Crippen LogP contribution in [0.4, 0.5) is 11.5 Å². The van der Waals surface area contributed by atoms with Gasteiger partial charge in [-0.1, -0.05) is 0 Å². The molecule has 1 saturated carbocycles. The molecule has 8 nitrogen and oxygen atoms in total. The smallest absolute Gasteiger partial charge is 0.132 e. The van der Waals surface area contributed by atoms with E-state index in [2.05, 4.69) is 42.3 Å². The third-order valence-corrected chi connectivity index (χ3v) is 6.04. The summed E-state index contributed by atoms with van der Waals surface area (Å²) < 4.78 is 12.0. The molecule has 0 amide bonds. The molecule has 0 unspecified atom stereocenters. The second kappa shape index (κ2) is 9.01. The lowest BCUT2D eigenvalue weighted by Crippen LogP contribution is -2.36. The molecule has 0 atom stereocenters. The van der Waals surface area contributed by atoms with Gasteiger partial charge in [0.15, 0.2) is 0 Å². The van der Waals surface area contributed by atoms with Crippen molar-refractivity contribution >= 4 is 22.4 Å². The van der Waals surface area contributed by atoms with Crippen molar-refractivity contribution in [2.24, 2.45) is 0 Å². The van der Waals surface area contributed by atoms with E-state index in [1.165, 1.54) is 0 Å².